The average molecular weight is 446 g/mol. The lowest BCUT2D eigenvalue weighted by molar-refractivity contribution is 0.503. The summed E-state index contributed by atoms with van der Waals surface area (Å²) in [7, 11) is 0. The van der Waals surface area contributed by atoms with Crippen LogP contribution in [0.1, 0.15) is 51.3 Å². The number of tetrazole rings is 1. The van der Waals surface area contributed by atoms with Crippen LogP contribution in [-0.2, 0) is 19.5 Å². The number of benzene rings is 1. The molecular weight excluding hydrogens is 414 g/mol. The molecule has 8 heteroatoms. The Morgan fingerprint density at radius 1 is 1.06 bits per heavy atom. The first-order valence-corrected chi connectivity index (χ1v) is 11.6. The van der Waals surface area contributed by atoms with Crippen LogP contribution in [0.2, 0.25) is 0 Å². The molecule has 0 saturated heterocycles. The van der Waals surface area contributed by atoms with E-state index in [9.17, 15) is 4.79 Å². The molecule has 172 valence electrons. The van der Waals surface area contributed by atoms with E-state index in [4.69, 9.17) is 4.98 Å². The van der Waals surface area contributed by atoms with E-state index in [0.717, 1.165) is 53.9 Å². The zero-order valence-corrected chi connectivity index (χ0v) is 19.5. The van der Waals surface area contributed by atoms with E-state index >= 15 is 0 Å². The van der Waals surface area contributed by atoms with Gasteiger partial charge in [-0.15, -0.1) is 5.10 Å². The molecule has 0 aliphatic carbocycles. The summed E-state index contributed by atoms with van der Waals surface area (Å²) in [5, 5.41) is 14.2. The highest BCUT2D eigenvalue weighted by atomic mass is 16.1. The molecule has 8 nitrogen and oxygen atoms in total. The third kappa shape index (κ3) is 5.27. The van der Waals surface area contributed by atoms with Gasteiger partial charge >= 0.3 is 5.69 Å². The molecule has 0 aliphatic rings. The number of nitrogens with one attached hydrogen (secondary N) is 1. The Kier molecular flexibility index (Phi) is 7.12. The van der Waals surface area contributed by atoms with Crippen molar-refractivity contribution in [3.8, 4) is 22.6 Å². The van der Waals surface area contributed by atoms with Crippen LogP contribution < -0.4 is 5.69 Å². The Morgan fingerprint density at radius 2 is 1.88 bits per heavy atom. The third-order valence-corrected chi connectivity index (χ3v) is 5.70. The van der Waals surface area contributed by atoms with E-state index in [1.54, 1.807) is 0 Å². The molecule has 1 aromatic carbocycles. The number of imidazole rings is 1. The molecule has 1 N–H and O–H groups in total. The van der Waals surface area contributed by atoms with Crippen LogP contribution in [0.15, 0.2) is 53.6 Å². The van der Waals surface area contributed by atoms with Gasteiger partial charge < -0.3 is 0 Å². The van der Waals surface area contributed by atoms with Crippen LogP contribution in [0.25, 0.3) is 22.6 Å². The van der Waals surface area contributed by atoms with Gasteiger partial charge in [-0.2, -0.15) is 0 Å². The Bertz CT molecular complexity index is 1220. The van der Waals surface area contributed by atoms with E-state index < -0.39 is 0 Å². The molecule has 0 unspecified atom stereocenters. The van der Waals surface area contributed by atoms with Gasteiger partial charge in [-0.3, -0.25) is 14.1 Å². The Hall–Kier alpha value is -3.55. The van der Waals surface area contributed by atoms with Gasteiger partial charge in [-0.25, -0.2) is 9.89 Å². The second kappa shape index (κ2) is 10.4. The fourth-order valence-electron chi connectivity index (χ4n) is 4.08. The van der Waals surface area contributed by atoms with Crippen molar-refractivity contribution in [3.63, 3.8) is 0 Å². The number of nitrogens with zero attached hydrogens (tertiary/aromatic N) is 6. The van der Waals surface area contributed by atoms with Gasteiger partial charge in [0.15, 0.2) is 5.82 Å². The molecule has 0 aliphatic heterocycles. The maximum Gasteiger partial charge on any atom is 0.328 e. The zero-order valence-electron chi connectivity index (χ0n) is 19.5. The smallest absolute Gasteiger partial charge is 0.299 e. The highest BCUT2D eigenvalue weighted by Gasteiger charge is 2.14. The average Bonchev–Trinajstić information content (AvgIpc) is 3.45. The van der Waals surface area contributed by atoms with Crippen molar-refractivity contribution in [1.29, 1.82) is 0 Å². The number of hydrogen-bond donors (Lipinski definition) is 1. The summed E-state index contributed by atoms with van der Waals surface area (Å²) in [5.74, 6) is 1.02. The number of rotatable bonds is 10. The highest BCUT2D eigenvalue weighted by molar-refractivity contribution is 5.78. The first kappa shape index (κ1) is 22.6. The number of aromatic amines is 1. The summed E-state index contributed by atoms with van der Waals surface area (Å²) < 4.78 is 3.76. The largest absolute Gasteiger partial charge is 0.328 e. The second-order valence-corrected chi connectivity index (χ2v) is 8.84. The van der Waals surface area contributed by atoms with Gasteiger partial charge in [0.25, 0.3) is 0 Å². The molecule has 3 heterocycles. The number of H-pyrrole nitrogens is 1. The van der Waals surface area contributed by atoms with E-state index in [1.165, 1.54) is 6.42 Å². The molecule has 4 aromatic rings. The molecular formula is C25H31N7O. The van der Waals surface area contributed by atoms with Gasteiger partial charge in [0.05, 0.1) is 12.2 Å². The van der Waals surface area contributed by atoms with E-state index in [1.807, 2.05) is 57.9 Å². The number of aryl methyl sites for hydroxylation is 1. The molecule has 0 saturated carbocycles. The summed E-state index contributed by atoms with van der Waals surface area (Å²) in [6.07, 6.45) is 8.23. The lowest BCUT2D eigenvalue weighted by Gasteiger charge is -2.09. The van der Waals surface area contributed by atoms with Crippen molar-refractivity contribution in [2.24, 2.45) is 5.92 Å². The van der Waals surface area contributed by atoms with Crippen molar-refractivity contribution >= 4 is 0 Å². The summed E-state index contributed by atoms with van der Waals surface area (Å²) in [6, 6.07) is 11.9. The molecule has 4 rings (SSSR count). The molecule has 0 atom stereocenters. The first-order chi connectivity index (χ1) is 16.1. The molecule has 0 amide bonds. The maximum absolute atomic E-state index is 13.1. The molecule has 3 aromatic heterocycles. The normalized spacial score (nSPS) is 11.4. The lowest BCUT2D eigenvalue weighted by atomic mass is 10.0. The minimum atomic E-state index is 0.0578. The van der Waals surface area contributed by atoms with E-state index in [-0.39, 0.29) is 5.69 Å². The van der Waals surface area contributed by atoms with Gasteiger partial charge in [0.1, 0.15) is 0 Å². The zero-order chi connectivity index (χ0) is 23.2. The van der Waals surface area contributed by atoms with Gasteiger partial charge in [0.2, 0.25) is 0 Å². The fourth-order valence-corrected chi connectivity index (χ4v) is 4.08. The first-order valence-electron chi connectivity index (χ1n) is 11.6. The summed E-state index contributed by atoms with van der Waals surface area (Å²) in [6.45, 7) is 7.72. The van der Waals surface area contributed by atoms with Crippen LogP contribution in [0.4, 0.5) is 0 Å². The van der Waals surface area contributed by atoms with Crippen LogP contribution in [0.3, 0.4) is 0 Å². The Balaban J connectivity index is 1.60. The van der Waals surface area contributed by atoms with Gasteiger partial charge in [-0.1, -0.05) is 63.9 Å². The van der Waals surface area contributed by atoms with Crippen LogP contribution >= 0.6 is 0 Å². The lowest BCUT2D eigenvalue weighted by Crippen LogP contribution is -2.26. The molecule has 33 heavy (non-hydrogen) atoms. The summed E-state index contributed by atoms with van der Waals surface area (Å²) in [4.78, 5) is 17.8. The number of unbranched alkanes of at least 4 members (excludes halogenated alkanes) is 2. The van der Waals surface area contributed by atoms with Crippen LogP contribution in [-0.4, -0.2) is 34.7 Å². The summed E-state index contributed by atoms with van der Waals surface area (Å²) in [5.41, 5.74) is 4.83. The summed E-state index contributed by atoms with van der Waals surface area (Å²) >= 11 is 0. The fraction of sp³-hybridized carbons (Fsp3) is 0.400. The molecule has 0 bridgehead atoms. The van der Waals surface area contributed by atoms with Crippen molar-refractivity contribution < 1.29 is 0 Å². The quantitative estimate of drug-likeness (QED) is 0.367. The third-order valence-electron chi connectivity index (χ3n) is 5.70. The Labute approximate surface area is 193 Å². The standard InChI is InChI=1S/C25H31N7O/c1-4-5-6-9-20-17-31(15-18(2)3)25(33)32(20)16-19-12-13-23(26-14-19)21-10-7-8-11-22(21)24-27-29-30-28-24/h7-8,10-14,17-18H,4-6,9,15-16H2,1-3H3,(H,27,28,29,30). The maximum atomic E-state index is 13.1. The van der Waals surface area contributed by atoms with E-state index in [2.05, 4.69) is 41.4 Å². The molecule has 0 fully saturated rings. The van der Waals surface area contributed by atoms with Gasteiger partial charge in [-0.05, 0) is 40.8 Å². The van der Waals surface area contributed by atoms with Crippen molar-refractivity contribution in [3.05, 3.63) is 70.5 Å². The van der Waals surface area contributed by atoms with Gasteiger partial charge in [0, 0.05) is 35.8 Å². The second-order valence-electron chi connectivity index (χ2n) is 8.84. The predicted octanol–water partition coefficient (Wildman–Crippen LogP) is 4.33. The minimum absolute atomic E-state index is 0.0578. The minimum Gasteiger partial charge on any atom is -0.299 e. The number of aromatic nitrogens is 7. The van der Waals surface area contributed by atoms with E-state index in [0.29, 0.717) is 18.3 Å². The Morgan fingerprint density at radius 3 is 2.55 bits per heavy atom. The number of pyridine rings is 1. The highest BCUT2D eigenvalue weighted by Crippen LogP contribution is 2.28. The molecule has 0 radical (unpaired) electrons. The van der Waals surface area contributed by atoms with Crippen molar-refractivity contribution in [2.45, 2.75) is 59.5 Å². The predicted molar refractivity (Wildman–Crippen MR) is 129 cm³/mol. The monoisotopic (exact) mass is 445 g/mol. The van der Waals surface area contributed by atoms with Crippen LogP contribution in [0, 0.1) is 5.92 Å². The number of hydrogen-bond acceptors (Lipinski definition) is 5. The molecule has 0 spiro atoms. The van der Waals surface area contributed by atoms with Crippen LogP contribution in [0.5, 0.6) is 0 Å². The topological polar surface area (TPSA) is 94.3 Å². The van der Waals surface area contributed by atoms with Crippen molar-refractivity contribution in [2.75, 3.05) is 0 Å². The SMILES string of the molecule is CCCCCc1cn(CC(C)C)c(=O)n1Cc1ccc(-c2ccccc2-c2nnn[nH]2)nc1. The van der Waals surface area contributed by atoms with Crippen molar-refractivity contribution in [1.82, 2.24) is 34.7 Å².